The smallest absolute Gasteiger partial charge is 0.335 e. The van der Waals surface area contributed by atoms with Gasteiger partial charge in [-0.3, -0.25) is 14.8 Å². The van der Waals surface area contributed by atoms with E-state index in [1.165, 1.54) is 22.5 Å². The molecule has 4 rings (SSSR count). The van der Waals surface area contributed by atoms with Crippen LogP contribution in [-0.4, -0.2) is 59.9 Å². The van der Waals surface area contributed by atoms with E-state index in [9.17, 15) is 23.1 Å². The van der Waals surface area contributed by atoms with E-state index in [1.807, 2.05) is 19.1 Å². The van der Waals surface area contributed by atoms with E-state index in [0.717, 1.165) is 16.3 Å². The topological polar surface area (TPSA) is 134 Å². The summed E-state index contributed by atoms with van der Waals surface area (Å²) in [7, 11) is -3.66. The summed E-state index contributed by atoms with van der Waals surface area (Å²) in [6, 6.07) is 11.6. The van der Waals surface area contributed by atoms with Crippen molar-refractivity contribution in [2.75, 3.05) is 26.3 Å². The van der Waals surface area contributed by atoms with Gasteiger partial charge in [0, 0.05) is 19.3 Å². The van der Waals surface area contributed by atoms with E-state index in [2.05, 4.69) is 9.98 Å². The third-order valence-corrected chi connectivity index (χ3v) is 7.74. The number of aromatic nitrogens is 2. The average molecular weight is 499 g/mol. The molecule has 2 heterocycles. The number of nitrogens with one attached hydrogen (secondary N) is 1. The SMILES string of the molecule is CCc1ccccc1-n1c(O)c(C=Nc2ccc(S(=O)(=O)N3CCOCC3)cc2C)c(=O)[nH]c1=O. The van der Waals surface area contributed by atoms with E-state index < -0.39 is 27.2 Å². The molecule has 2 N–H and O–H groups in total. The second kappa shape index (κ2) is 9.98. The van der Waals surface area contributed by atoms with Gasteiger partial charge in [-0.2, -0.15) is 4.31 Å². The minimum atomic E-state index is -3.66. The van der Waals surface area contributed by atoms with E-state index in [1.54, 1.807) is 19.1 Å². The van der Waals surface area contributed by atoms with E-state index >= 15 is 0 Å². The second-order valence-electron chi connectivity index (χ2n) is 8.04. The highest BCUT2D eigenvalue weighted by Crippen LogP contribution is 2.26. The number of hydrogen-bond donors (Lipinski definition) is 2. The Hall–Kier alpha value is -3.54. The van der Waals surface area contributed by atoms with Gasteiger partial charge in [0.05, 0.1) is 29.5 Å². The number of rotatable bonds is 6. The van der Waals surface area contributed by atoms with Crippen LogP contribution in [0.4, 0.5) is 5.69 Å². The van der Waals surface area contributed by atoms with Gasteiger partial charge in [-0.25, -0.2) is 17.8 Å². The molecule has 0 radical (unpaired) electrons. The van der Waals surface area contributed by atoms with Crippen LogP contribution < -0.4 is 11.2 Å². The second-order valence-corrected chi connectivity index (χ2v) is 9.98. The molecule has 0 spiro atoms. The van der Waals surface area contributed by atoms with Crippen LogP contribution in [0.5, 0.6) is 5.88 Å². The number of hydrogen-bond acceptors (Lipinski definition) is 7. The minimum absolute atomic E-state index is 0.140. The Kier molecular flexibility index (Phi) is 7.01. The number of H-pyrrole nitrogens is 1. The number of para-hydroxylation sites is 1. The van der Waals surface area contributed by atoms with Gasteiger partial charge in [-0.05, 0) is 48.7 Å². The van der Waals surface area contributed by atoms with E-state index in [4.69, 9.17) is 4.74 Å². The van der Waals surface area contributed by atoms with Crippen molar-refractivity contribution >= 4 is 21.9 Å². The molecule has 0 saturated carbocycles. The first-order valence-corrected chi connectivity index (χ1v) is 12.6. The van der Waals surface area contributed by atoms with Crippen molar-refractivity contribution < 1.29 is 18.3 Å². The highest BCUT2D eigenvalue weighted by molar-refractivity contribution is 7.89. The average Bonchev–Trinajstić information content (AvgIpc) is 2.85. The molecule has 2 aromatic carbocycles. The summed E-state index contributed by atoms with van der Waals surface area (Å²) in [6.07, 6.45) is 1.78. The number of morpholine rings is 1. The highest BCUT2D eigenvalue weighted by atomic mass is 32.2. The summed E-state index contributed by atoms with van der Waals surface area (Å²) in [5.74, 6) is -0.535. The molecule has 0 bridgehead atoms. The summed E-state index contributed by atoms with van der Waals surface area (Å²) < 4.78 is 33.4. The molecule has 1 aromatic heterocycles. The van der Waals surface area contributed by atoms with Crippen LogP contribution in [0.2, 0.25) is 0 Å². The van der Waals surface area contributed by atoms with Gasteiger partial charge in [-0.1, -0.05) is 25.1 Å². The van der Waals surface area contributed by atoms with Crippen LogP contribution in [0.1, 0.15) is 23.6 Å². The monoisotopic (exact) mass is 498 g/mol. The molecule has 1 aliphatic rings. The van der Waals surface area contributed by atoms with Gasteiger partial charge >= 0.3 is 5.69 Å². The Morgan fingerprint density at radius 2 is 1.86 bits per heavy atom. The molecule has 0 unspecified atom stereocenters. The van der Waals surface area contributed by atoms with E-state index in [0.29, 0.717) is 49.7 Å². The molecular weight excluding hydrogens is 472 g/mol. The molecule has 0 aliphatic carbocycles. The Labute approximate surface area is 202 Å². The number of aromatic hydroxyl groups is 1. The number of sulfonamides is 1. The molecule has 10 nitrogen and oxygen atoms in total. The highest BCUT2D eigenvalue weighted by Gasteiger charge is 2.26. The lowest BCUT2D eigenvalue weighted by Crippen LogP contribution is -2.40. The maximum absolute atomic E-state index is 12.9. The first-order chi connectivity index (χ1) is 16.7. The first kappa shape index (κ1) is 24.6. The standard InChI is InChI=1S/C24H26N4O6S/c1-3-17-6-4-5-7-21(17)28-23(30)19(22(29)26-24(28)31)15-25-20-9-8-18(14-16(20)2)35(32,33)27-10-12-34-13-11-27/h4-9,14-15,30H,3,10-13H2,1-2H3,(H,26,29,31). The van der Waals surface area contributed by atoms with Crippen molar-refractivity contribution in [3.63, 3.8) is 0 Å². The summed E-state index contributed by atoms with van der Waals surface area (Å²) in [5.41, 5.74) is 0.502. The van der Waals surface area contributed by atoms with Gasteiger partial charge in [0.1, 0.15) is 5.56 Å². The van der Waals surface area contributed by atoms with Crippen LogP contribution in [0.25, 0.3) is 5.69 Å². The first-order valence-electron chi connectivity index (χ1n) is 11.1. The lowest BCUT2D eigenvalue weighted by Gasteiger charge is -2.26. The largest absolute Gasteiger partial charge is 0.493 e. The lowest BCUT2D eigenvalue weighted by atomic mass is 10.1. The van der Waals surface area contributed by atoms with Crippen molar-refractivity contribution in [1.82, 2.24) is 13.9 Å². The molecule has 11 heteroatoms. The Morgan fingerprint density at radius 3 is 2.54 bits per heavy atom. The molecule has 1 aliphatic heterocycles. The van der Waals surface area contributed by atoms with Gasteiger partial charge in [0.2, 0.25) is 15.9 Å². The summed E-state index contributed by atoms with van der Waals surface area (Å²) in [4.78, 5) is 31.6. The van der Waals surface area contributed by atoms with E-state index in [-0.39, 0.29) is 10.5 Å². The number of aryl methyl sites for hydroxylation is 2. The molecular formula is C24H26N4O6S. The maximum atomic E-state index is 12.9. The number of nitrogens with zero attached hydrogens (tertiary/aromatic N) is 3. The van der Waals surface area contributed by atoms with Crippen molar-refractivity contribution in [2.45, 2.75) is 25.2 Å². The fourth-order valence-corrected chi connectivity index (χ4v) is 5.40. The molecule has 0 atom stereocenters. The molecule has 0 amide bonds. The van der Waals surface area contributed by atoms with Gasteiger partial charge in [0.15, 0.2) is 0 Å². The van der Waals surface area contributed by atoms with Crippen LogP contribution in [0.15, 0.2) is 61.9 Å². The summed E-state index contributed by atoms with van der Waals surface area (Å²) >= 11 is 0. The third kappa shape index (κ3) is 4.83. The van der Waals surface area contributed by atoms with Gasteiger partial charge in [0.25, 0.3) is 5.56 Å². The zero-order chi connectivity index (χ0) is 25.2. The Morgan fingerprint density at radius 1 is 1.14 bits per heavy atom. The quantitative estimate of drug-likeness (QED) is 0.499. The third-order valence-electron chi connectivity index (χ3n) is 5.84. The zero-order valence-electron chi connectivity index (χ0n) is 19.4. The summed E-state index contributed by atoms with van der Waals surface area (Å²) in [5, 5.41) is 10.8. The van der Waals surface area contributed by atoms with Crippen LogP contribution in [-0.2, 0) is 21.2 Å². The van der Waals surface area contributed by atoms with Crippen LogP contribution in [0.3, 0.4) is 0 Å². The predicted molar refractivity (Wildman–Crippen MR) is 132 cm³/mol. The number of aliphatic imine (C=N–C) groups is 1. The number of ether oxygens (including phenoxy) is 1. The normalized spacial score (nSPS) is 15.0. The zero-order valence-corrected chi connectivity index (χ0v) is 20.2. The molecule has 3 aromatic rings. The van der Waals surface area contributed by atoms with Crippen molar-refractivity contribution in [1.29, 1.82) is 0 Å². The number of benzene rings is 2. The maximum Gasteiger partial charge on any atom is 0.335 e. The molecule has 1 saturated heterocycles. The number of aromatic amines is 1. The molecule has 35 heavy (non-hydrogen) atoms. The fourth-order valence-electron chi connectivity index (χ4n) is 3.91. The minimum Gasteiger partial charge on any atom is -0.493 e. The molecule has 1 fully saturated rings. The summed E-state index contributed by atoms with van der Waals surface area (Å²) in [6.45, 7) is 4.90. The fraction of sp³-hybridized carbons (Fsp3) is 0.292. The van der Waals surface area contributed by atoms with Crippen LogP contribution in [0, 0.1) is 6.92 Å². The van der Waals surface area contributed by atoms with Crippen LogP contribution >= 0.6 is 0 Å². The molecule has 184 valence electrons. The van der Waals surface area contributed by atoms with Crippen molar-refractivity contribution in [3.05, 3.63) is 80.0 Å². The Balaban J connectivity index is 1.70. The van der Waals surface area contributed by atoms with Crippen molar-refractivity contribution in [3.8, 4) is 11.6 Å². The predicted octanol–water partition coefficient (Wildman–Crippen LogP) is 1.87. The van der Waals surface area contributed by atoms with Crippen molar-refractivity contribution in [2.24, 2.45) is 4.99 Å². The lowest BCUT2D eigenvalue weighted by molar-refractivity contribution is 0.0730. The van der Waals surface area contributed by atoms with Gasteiger partial charge in [-0.15, -0.1) is 0 Å². The Bertz CT molecular complexity index is 1500. The van der Waals surface area contributed by atoms with Gasteiger partial charge < -0.3 is 9.84 Å².